The predicted octanol–water partition coefficient (Wildman–Crippen LogP) is 5.84. The number of hydrogen-bond donors (Lipinski definition) is 2. The highest BCUT2D eigenvalue weighted by atomic mass is 16.3. The van der Waals surface area contributed by atoms with Gasteiger partial charge in [-0.15, -0.1) is 0 Å². The summed E-state index contributed by atoms with van der Waals surface area (Å²) in [4.78, 5) is 0. The summed E-state index contributed by atoms with van der Waals surface area (Å²) < 4.78 is 0. The van der Waals surface area contributed by atoms with Gasteiger partial charge in [0.25, 0.3) is 0 Å². The van der Waals surface area contributed by atoms with E-state index in [1.165, 1.54) is 24.0 Å². The maximum atomic E-state index is 9.61. The van der Waals surface area contributed by atoms with Gasteiger partial charge in [-0.2, -0.15) is 0 Å². The number of benzene rings is 2. The van der Waals surface area contributed by atoms with E-state index < -0.39 is 0 Å². The van der Waals surface area contributed by atoms with Crippen molar-refractivity contribution in [3.8, 4) is 11.5 Å². The van der Waals surface area contributed by atoms with Gasteiger partial charge in [0, 0.05) is 5.92 Å². The highest BCUT2D eigenvalue weighted by molar-refractivity contribution is 5.39. The van der Waals surface area contributed by atoms with Crippen LogP contribution in [-0.2, 0) is 0 Å². The largest absolute Gasteiger partial charge is 0.508 e. The number of unbranched alkanes of at least 4 members (excludes halogenated alkanes) is 1. The zero-order valence-corrected chi connectivity index (χ0v) is 14.4. The minimum Gasteiger partial charge on any atom is -0.508 e. The van der Waals surface area contributed by atoms with Gasteiger partial charge in [-0.25, -0.2) is 0 Å². The van der Waals surface area contributed by atoms with Crippen molar-refractivity contribution < 1.29 is 10.2 Å². The first-order chi connectivity index (χ1) is 11.0. The lowest BCUT2D eigenvalue weighted by Gasteiger charge is -2.38. The second kappa shape index (κ2) is 7.54. The van der Waals surface area contributed by atoms with Gasteiger partial charge in [0.2, 0.25) is 0 Å². The van der Waals surface area contributed by atoms with Gasteiger partial charge in [0.15, 0.2) is 0 Å². The number of aromatic hydroxyl groups is 2. The van der Waals surface area contributed by atoms with Crippen LogP contribution in [0.25, 0.3) is 0 Å². The lowest BCUT2D eigenvalue weighted by atomic mass is 9.66. The van der Waals surface area contributed by atoms with Gasteiger partial charge >= 0.3 is 0 Å². The molecule has 0 aliphatic heterocycles. The Balaban J connectivity index is 2.49. The molecule has 0 radical (unpaired) electrons. The molecule has 124 valence electrons. The molecule has 0 aliphatic carbocycles. The fraction of sp³-hybridized carbons (Fsp3) is 0.429. The Morgan fingerprint density at radius 3 is 1.61 bits per heavy atom. The molecule has 0 saturated heterocycles. The summed E-state index contributed by atoms with van der Waals surface area (Å²) in [5, 5.41) is 19.2. The summed E-state index contributed by atoms with van der Waals surface area (Å²) in [5.74, 6) is 0.843. The normalized spacial score (nSPS) is 13.9. The fourth-order valence-electron chi connectivity index (χ4n) is 3.44. The van der Waals surface area contributed by atoms with Gasteiger partial charge in [-0.1, -0.05) is 57.9 Å². The fourth-order valence-corrected chi connectivity index (χ4v) is 3.44. The van der Waals surface area contributed by atoms with Gasteiger partial charge in [-0.3, -0.25) is 0 Å². The van der Waals surface area contributed by atoms with Crippen molar-refractivity contribution >= 4 is 0 Å². The first-order valence-electron chi connectivity index (χ1n) is 8.58. The third-order valence-electron chi connectivity index (χ3n) is 5.06. The monoisotopic (exact) mass is 312 g/mol. The molecular formula is C21H28O2. The van der Waals surface area contributed by atoms with Crippen molar-refractivity contribution in [2.75, 3.05) is 0 Å². The molecule has 1 atom stereocenters. The molecule has 2 aromatic rings. The molecule has 0 amide bonds. The number of hydrogen-bond acceptors (Lipinski definition) is 2. The van der Waals surface area contributed by atoms with E-state index in [1.54, 1.807) is 24.3 Å². The van der Waals surface area contributed by atoms with Crippen LogP contribution in [0.15, 0.2) is 48.5 Å². The maximum Gasteiger partial charge on any atom is 0.115 e. The second-order valence-corrected chi connectivity index (χ2v) is 6.73. The predicted molar refractivity (Wildman–Crippen MR) is 96.0 cm³/mol. The second-order valence-electron chi connectivity index (χ2n) is 6.73. The molecule has 1 unspecified atom stereocenters. The van der Waals surface area contributed by atoms with Crippen LogP contribution in [0.4, 0.5) is 0 Å². The lowest BCUT2D eigenvalue weighted by molar-refractivity contribution is 0.238. The molecule has 2 rings (SSSR count). The number of rotatable bonds is 7. The van der Waals surface area contributed by atoms with E-state index in [4.69, 9.17) is 0 Å². The molecule has 0 saturated carbocycles. The zero-order valence-electron chi connectivity index (χ0n) is 14.4. The van der Waals surface area contributed by atoms with E-state index in [1.807, 2.05) is 24.3 Å². The molecule has 0 heterocycles. The van der Waals surface area contributed by atoms with E-state index in [-0.39, 0.29) is 11.3 Å². The van der Waals surface area contributed by atoms with Crippen LogP contribution in [0.3, 0.4) is 0 Å². The summed E-state index contributed by atoms with van der Waals surface area (Å²) >= 11 is 0. The van der Waals surface area contributed by atoms with E-state index in [9.17, 15) is 10.2 Å². The summed E-state index contributed by atoms with van der Waals surface area (Å²) in [7, 11) is 0. The molecule has 2 nitrogen and oxygen atoms in total. The van der Waals surface area contributed by atoms with Crippen molar-refractivity contribution in [3.05, 3.63) is 59.7 Å². The molecule has 2 heteroatoms. The Labute approximate surface area is 139 Å². The van der Waals surface area contributed by atoms with Crippen LogP contribution < -0.4 is 0 Å². The molecule has 0 aromatic heterocycles. The van der Waals surface area contributed by atoms with E-state index in [0.29, 0.717) is 11.5 Å². The molecule has 0 spiro atoms. The highest BCUT2D eigenvalue weighted by Crippen LogP contribution is 2.47. The van der Waals surface area contributed by atoms with Crippen molar-refractivity contribution in [3.63, 3.8) is 0 Å². The number of phenolic OH excluding ortho intramolecular Hbond substituents is 2. The summed E-state index contributed by atoms with van der Waals surface area (Å²) in [6.07, 6.45) is 4.64. The molecule has 23 heavy (non-hydrogen) atoms. The lowest BCUT2D eigenvalue weighted by Crippen LogP contribution is -2.26. The standard InChI is InChI=1S/C21H28O2/c1-4-6-15-21(3,5-2)20(16-7-11-18(22)12-8-16)17-9-13-19(23)14-10-17/h7-14,20,22-23H,4-6,15H2,1-3H3. The molecular weight excluding hydrogens is 284 g/mol. The van der Waals surface area contributed by atoms with Gasteiger partial charge < -0.3 is 10.2 Å². The minimum atomic E-state index is 0.143. The third-order valence-corrected chi connectivity index (χ3v) is 5.06. The zero-order chi connectivity index (χ0) is 16.9. The maximum absolute atomic E-state index is 9.61. The van der Waals surface area contributed by atoms with Crippen molar-refractivity contribution in [2.45, 2.75) is 52.4 Å². The molecule has 0 aliphatic rings. The number of phenols is 2. The summed E-state index contributed by atoms with van der Waals surface area (Å²) in [6.45, 7) is 6.84. The molecule has 0 bridgehead atoms. The van der Waals surface area contributed by atoms with Crippen LogP contribution in [0.1, 0.15) is 63.5 Å². The van der Waals surface area contributed by atoms with Crippen LogP contribution in [0.2, 0.25) is 0 Å². The Morgan fingerprint density at radius 1 is 0.826 bits per heavy atom. The molecule has 2 aromatic carbocycles. The van der Waals surface area contributed by atoms with Gasteiger partial charge in [0.1, 0.15) is 11.5 Å². The smallest absolute Gasteiger partial charge is 0.115 e. The van der Waals surface area contributed by atoms with Crippen molar-refractivity contribution in [1.82, 2.24) is 0 Å². The van der Waals surface area contributed by atoms with Crippen molar-refractivity contribution in [2.24, 2.45) is 5.41 Å². The first-order valence-corrected chi connectivity index (χ1v) is 8.58. The Morgan fingerprint density at radius 2 is 1.26 bits per heavy atom. The van der Waals surface area contributed by atoms with Crippen LogP contribution in [0, 0.1) is 5.41 Å². The summed E-state index contributed by atoms with van der Waals surface area (Å²) in [6, 6.07) is 15.1. The topological polar surface area (TPSA) is 40.5 Å². The highest BCUT2D eigenvalue weighted by Gasteiger charge is 2.34. The molecule has 0 fully saturated rings. The SMILES string of the molecule is CCCCC(C)(CC)C(c1ccc(O)cc1)c1ccc(O)cc1. The van der Waals surface area contributed by atoms with Gasteiger partial charge in [0.05, 0.1) is 0 Å². The Kier molecular flexibility index (Phi) is 5.70. The van der Waals surface area contributed by atoms with E-state index in [2.05, 4.69) is 20.8 Å². The first kappa shape index (κ1) is 17.4. The third kappa shape index (κ3) is 4.07. The van der Waals surface area contributed by atoms with Crippen LogP contribution >= 0.6 is 0 Å². The minimum absolute atomic E-state index is 0.143. The van der Waals surface area contributed by atoms with E-state index >= 15 is 0 Å². The van der Waals surface area contributed by atoms with Gasteiger partial charge in [-0.05, 0) is 53.6 Å². The average molecular weight is 312 g/mol. The Bertz CT molecular complexity index is 555. The molecule has 2 N–H and O–H groups in total. The summed E-state index contributed by atoms with van der Waals surface area (Å²) in [5.41, 5.74) is 2.58. The Hall–Kier alpha value is -1.96. The average Bonchev–Trinajstić information content (AvgIpc) is 2.57. The van der Waals surface area contributed by atoms with Crippen molar-refractivity contribution in [1.29, 1.82) is 0 Å². The quantitative estimate of drug-likeness (QED) is 0.674. The van der Waals surface area contributed by atoms with Crippen LogP contribution in [-0.4, -0.2) is 10.2 Å². The van der Waals surface area contributed by atoms with E-state index in [0.717, 1.165) is 12.8 Å². The van der Waals surface area contributed by atoms with Crippen LogP contribution in [0.5, 0.6) is 11.5 Å².